The van der Waals surface area contributed by atoms with Crippen molar-refractivity contribution in [1.29, 1.82) is 0 Å². The molecule has 0 saturated carbocycles. The van der Waals surface area contributed by atoms with E-state index in [1.54, 1.807) is 0 Å². The molecule has 0 bridgehead atoms. The van der Waals surface area contributed by atoms with Crippen LogP contribution in [0.1, 0.15) is 59.5 Å². The van der Waals surface area contributed by atoms with Crippen LogP contribution in [0.15, 0.2) is 364 Å². The Morgan fingerprint density at radius 3 is 1.38 bits per heavy atom. The van der Waals surface area contributed by atoms with Crippen LogP contribution in [0.2, 0.25) is 0 Å². The lowest BCUT2D eigenvalue weighted by atomic mass is 9.33. The minimum absolute atomic E-state index is 0.108. The Morgan fingerprint density at radius 2 is 0.780 bits per heavy atom. The van der Waals surface area contributed by atoms with E-state index in [0.717, 1.165) is 145 Å². The first-order valence-corrected chi connectivity index (χ1v) is 38.5. The summed E-state index contributed by atoms with van der Waals surface area (Å²) >= 11 is 1.84. The van der Waals surface area contributed by atoms with Crippen molar-refractivity contribution in [3.8, 4) is 94.7 Å². The Labute approximate surface area is 649 Å². The number of para-hydroxylation sites is 1. The largest absolute Gasteiger partial charge is 0.311 e. The van der Waals surface area contributed by atoms with Crippen molar-refractivity contribution in [1.82, 2.24) is 4.57 Å². The van der Waals surface area contributed by atoms with Crippen molar-refractivity contribution in [2.75, 3.05) is 9.80 Å². The summed E-state index contributed by atoms with van der Waals surface area (Å²) < 4.78 is 52.9. The van der Waals surface area contributed by atoms with Crippen molar-refractivity contribution < 1.29 is 6.85 Å². The summed E-state index contributed by atoms with van der Waals surface area (Å²) in [6.45, 7) is 13.3. The SMILES string of the molecule is [2H]c1c([2H])c([2H])c(-c2cc3c4c(c2)N(c2c(-c5ccccc5)cccc2-c2ccccc2)c2cc(-c5ccccc5)ccc2B4c2cc(-c4c(-c5ccc6c(c5)sc5ccccc56)cccc4-n4c5cc(C(C)(C)C)ccc5c5ccc(C(C)(C)C)cc54)ccc2N3c2cc(-c3ccccc3)cc(-c3ccccc3)c2)c([2H])c1[2H]. The molecule has 0 aliphatic carbocycles. The minimum Gasteiger partial charge on any atom is -0.311 e. The van der Waals surface area contributed by atoms with Crippen molar-refractivity contribution in [2.45, 2.75) is 52.4 Å². The highest BCUT2D eigenvalue weighted by Crippen LogP contribution is 2.54. The molecule has 3 nitrogen and oxygen atoms in total. The van der Waals surface area contributed by atoms with Crippen LogP contribution in [0.5, 0.6) is 0 Å². The van der Waals surface area contributed by atoms with Crippen LogP contribution in [-0.2, 0) is 10.8 Å². The number of anilines is 6. The molecule has 0 spiro atoms. The minimum atomic E-state index is -0.497. The van der Waals surface area contributed by atoms with Crippen LogP contribution in [0, 0.1) is 0 Å². The number of benzene rings is 16. The van der Waals surface area contributed by atoms with Gasteiger partial charge in [-0.3, -0.25) is 0 Å². The summed E-state index contributed by atoms with van der Waals surface area (Å²) in [4.78, 5) is 4.88. The average molecular weight is 1420 g/mol. The number of thiophene rings is 1. The quantitative estimate of drug-likeness (QED) is 0.120. The monoisotopic (exact) mass is 1420 g/mol. The zero-order chi connectivity index (χ0) is 77.6. The molecule has 4 heterocycles. The topological polar surface area (TPSA) is 11.4 Å². The molecule has 0 fully saturated rings. The molecule has 0 amide bonds. The molecule has 2 aliphatic heterocycles. The maximum Gasteiger partial charge on any atom is 0.252 e. The van der Waals surface area contributed by atoms with Crippen LogP contribution in [0.25, 0.3) is 137 Å². The van der Waals surface area contributed by atoms with Crippen molar-refractivity contribution in [2.24, 2.45) is 0 Å². The third kappa shape index (κ3) is 11.2. The van der Waals surface area contributed by atoms with Gasteiger partial charge < -0.3 is 14.4 Å². The van der Waals surface area contributed by atoms with Gasteiger partial charge in [-0.25, -0.2) is 0 Å². The smallest absolute Gasteiger partial charge is 0.252 e. The average Bonchev–Trinajstić information content (AvgIpc) is 0.816. The summed E-state index contributed by atoms with van der Waals surface area (Å²) in [5.74, 6) is 0. The highest BCUT2D eigenvalue weighted by Gasteiger charge is 2.45. The fourth-order valence-corrected chi connectivity index (χ4v) is 18.4. The second-order valence-corrected chi connectivity index (χ2v) is 32.3. The van der Waals surface area contributed by atoms with E-state index in [2.05, 4.69) is 390 Å². The van der Waals surface area contributed by atoms with Crippen molar-refractivity contribution in [3.05, 3.63) is 375 Å². The normalized spacial score (nSPS) is 13.3. The molecular weight excluding hydrogens is 1330 g/mol. The second-order valence-electron chi connectivity index (χ2n) is 31.2. The third-order valence-electron chi connectivity index (χ3n) is 22.5. The summed E-state index contributed by atoms with van der Waals surface area (Å²) in [5.41, 5.74) is 28.9. The molecule has 2 aromatic heterocycles. The van der Waals surface area contributed by atoms with Crippen molar-refractivity contribution >= 4 is 111 Å². The van der Waals surface area contributed by atoms with Gasteiger partial charge in [0.2, 0.25) is 0 Å². The molecule has 0 atom stereocenters. The first-order chi connectivity index (χ1) is 55.4. The molecule has 0 radical (unpaired) electrons. The standard InChI is InChI=1S/C104H78BN3S/c1-103(2,3)79-50-53-85-86-54-51-80(104(4,5)6)66-94(86)107(93(85)65-79)92-45-28-42-82(74-47-52-88-87-41-25-26-46-98(87)109-99(88)64-74)100(92)75-49-56-91-90(60-75)105-89-55-48-73(67-29-13-7-14-30-67)61-95(89)108(102-83(71-37-21-11-22-38-71)43-27-44-84(102)72-39-23-12-24-40-72)97-63-78(70-35-19-10-20-36-70)62-96(101(97)105)106(91)81-58-76(68-31-15-8-16-32-68)57-77(59-81)69-33-17-9-18-34-69/h7-66H,1-6H3/i10D,19D,20D,35D,36D. The Hall–Kier alpha value is -12.8. The van der Waals surface area contributed by atoms with Gasteiger partial charge in [-0.05, 0) is 183 Å². The Bertz CT molecular complexity index is 6730. The third-order valence-corrected chi connectivity index (χ3v) is 23.7. The number of hydrogen-bond acceptors (Lipinski definition) is 3. The van der Waals surface area contributed by atoms with Gasteiger partial charge in [-0.1, -0.05) is 333 Å². The molecule has 109 heavy (non-hydrogen) atoms. The Kier molecular flexibility index (Phi) is 14.4. The molecule has 5 heteroatoms. The predicted octanol–water partition coefficient (Wildman–Crippen LogP) is 27.2. The van der Waals surface area contributed by atoms with E-state index in [9.17, 15) is 5.48 Å². The molecule has 518 valence electrons. The van der Waals surface area contributed by atoms with Crippen LogP contribution in [-0.4, -0.2) is 11.3 Å². The zero-order valence-corrected chi connectivity index (χ0v) is 62.4. The van der Waals surface area contributed by atoms with Gasteiger partial charge in [0, 0.05) is 76.1 Å². The molecule has 16 aromatic carbocycles. The maximum atomic E-state index is 10.0. The number of rotatable bonds is 11. The second kappa shape index (κ2) is 26.0. The highest BCUT2D eigenvalue weighted by molar-refractivity contribution is 7.25. The van der Waals surface area contributed by atoms with Crippen molar-refractivity contribution in [3.63, 3.8) is 0 Å². The predicted molar refractivity (Wildman–Crippen MR) is 469 cm³/mol. The Morgan fingerprint density at radius 1 is 0.294 bits per heavy atom. The maximum absolute atomic E-state index is 10.0. The van der Waals surface area contributed by atoms with Gasteiger partial charge in [0.25, 0.3) is 6.71 Å². The molecule has 20 rings (SSSR count). The lowest BCUT2D eigenvalue weighted by Crippen LogP contribution is -2.61. The van der Waals surface area contributed by atoms with Crippen LogP contribution >= 0.6 is 11.3 Å². The zero-order valence-electron chi connectivity index (χ0n) is 66.6. The van der Waals surface area contributed by atoms with E-state index in [0.29, 0.717) is 5.56 Å². The van der Waals surface area contributed by atoms with Gasteiger partial charge in [0.15, 0.2) is 0 Å². The summed E-state index contributed by atoms with van der Waals surface area (Å²) in [5, 5.41) is 4.85. The molecule has 0 saturated heterocycles. The van der Waals surface area contributed by atoms with Crippen LogP contribution < -0.4 is 26.2 Å². The molecule has 18 aromatic rings. The first kappa shape index (κ1) is 60.3. The Balaban J connectivity index is 0.960. The van der Waals surface area contributed by atoms with Gasteiger partial charge in [-0.15, -0.1) is 11.3 Å². The molecule has 0 unspecified atom stereocenters. The summed E-state index contributed by atoms with van der Waals surface area (Å²) in [7, 11) is 0. The van der Waals surface area contributed by atoms with E-state index in [4.69, 9.17) is 1.37 Å². The summed E-state index contributed by atoms with van der Waals surface area (Å²) in [6.07, 6.45) is 0. The highest BCUT2D eigenvalue weighted by atomic mass is 32.1. The number of fused-ring (bicyclic) bond motifs is 10. The van der Waals surface area contributed by atoms with E-state index < -0.39 is 24.8 Å². The van der Waals surface area contributed by atoms with Gasteiger partial charge in [-0.2, -0.15) is 0 Å². The molecule has 2 aliphatic rings. The van der Waals surface area contributed by atoms with E-state index in [1.165, 1.54) is 42.1 Å². The van der Waals surface area contributed by atoms with E-state index >= 15 is 0 Å². The fraction of sp³-hybridized carbons (Fsp3) is 0.0769. The number of nitrogens with zero attached hydrogens (tertiary/aromatic N) is 3. The summed E-state index contributed by atoms with van der Waals surface area (Å²) in [6, 6.07) is 120. The van der Waals surface area contributed by atoms with Crippen LogP contribution in [0.4, 0.5) is 34.1 Å². The van der Waals surface area contributed by atoms with Gasteiger partial charge in [0.1, 0.15) is 0 Å². The lowest BCUT2D eigenvalue weighted by molar-refractivity contribution is 0.591. The number of hydrogen-bond donors (Lipinski definition) is 0. The molecule has 0 N–H and O–H groups in total. The number of aromatic nitrogens is 1. The lowest BCUT2D eigenvalue weighted by Gasteiger charge is -2.45. The molecular formula is C104H78BN3S. The van der Waals surface area contributed by atoms with E-state index in [-0.39, 0.29) is 28.5 Å². The fourth-order valence-electron chi connectivity index (χ4n) is 17.2. The van der Waals surface area contributed by atoms with Crippen LogP contribution in [0.3, 0.4) is 0 Å². The van der Waals surface area contributed by atoms with Gasteiger partial charge in [0.05, 0.1) is 29.3 Å². The van der Waals surface area contributed by atoms with Gasteiger partial charge >= 0.3 is 0 Å². The first-order valence-electron chi connectivity index (χ1n) is 40.2. The van der Waals surface area contributed by atoms with E-state index in [1.807, 2.05) is 11.3 Å².